The van der Waals surface area contributed by atoms with Gasteiger partial charge in [0, 0.05) is 10.9 Å². The molecule has 25 heavy (non-hydrogen) atoms. The second-order valence-electron chi connectivity index (χ2n) is 5.40. The van der Waals surface area contributed by atoms with Crippen LogP contribution in [0.5, 0.6) is 0 Å². The zero-order valence-electron chi connectivity index (χ0n) is 13.1. The number of nitrogens with one attached hydrogen (secondary N) is 1. The molecule has 0 aliphatic rings. The van der Waals surface area contributed by atoms with E-state index in [1.807, 2.05) is 31.2 Å². The maximum absolute atomic E-state index is 12.6. The van der Waals surface area contributed by atoms with Crippen molar-refractivity contribution in [2.45, 2.75) is 13.1 Å². The van der Waals surface area contributed by atoms with E-state index < -0.39 is 17.8 Å². The second-order valence-corrected chi connectivity index (χ2v) is 6.26. The predicted molar refractivity (Wildman–Crippen MR) is 91.7 cm³/mol. The molecule has 1 heterocycles. The summed E-state index contributed by atoms with van der Waals surface area (Å²) in [4.78, 5) is 15.9. The summed E-state index contributed by atoms with van der Waals surface area (Å²) in [6, 6.07) is 14.6. The molecule has 0 aliphatic carbocycles. The lowest BCUT2D eigenvalue weighted by atomic mass is 9.98. The molecule has 0 atom stereocenters. The highest BCUT2D eigenvalue weighted by molar-refractivity contribution is 7.14. The van der Waals surface area contributed by atoms with E-state index >= 15 is 0 Å². The number of hydrogen-bond donors (Lipinski definition) is 1. The molecular formula is C18H13F3N2OS. The minimum atomic E-state index is -4.53. The lowest BCUT2D eigenvalue weighted by Crippen LogP contribution is -2.13. The van der Waals surface area contributed by atoms with Gasteiger partial charge in [-0.25, -0.2) is 4.98 Å². The van der Waals surface area contributed by atoms with Crippen molar-refractivity contribution < 1.29 is 18.0 Å². The van der Waals surface area contributed by atoms with Gasteiger partial charge < -0.3 is 0 Å². The highest BCUT2D eigenvalue weighted by atomic mass is 32.1. The number of nitrogens with zero attached hydrogens (tertiary/aromatic N) is 1. The van der Waals surface area contributed by atoms with Gasteiger partial charge in [-0.05, 0) is 24.1 Å². The quantitative estimate of drug-likeness (QED) is 0.679. The van der Waals surface area contributed by atoms with E-state index in [2.05, 4.69) is 10.3 Å². The Bertz CT molecular complexity index is 901. The van der Waals surface area contributed by atoms with Gasteiger partial charge in [-0.1, -0.05) is 48.0 Å². The van der Waals surface area contributed by atoms with Crippen molar-refractivity contribution >= 4 is 22.4 Å². The Hall–Kier alpha value is -2.67. The lowest BCUT2D eigenvalue weighted by Gasteiger charge is -2.09. The van der Waals surface area contributed by atoms with Crippen LogP contribution in [0.3, 0.4) is 0 Å². The van der Waals surface area contributed by atoms with Gasteiger partial charge in [-0.3, -0.25) is 10.1 Å². The number of aromatic nitrogens is 1. The van der Waals surface area contributed by atoms with Crippen LogP contribution in [0.2, 0.25) is 0 Å². The van der Waals surface area contributed by atoms with Gasteiger partial charge in [0.05, 0.1) is 0 Å². The fourth-order valence-corrected chi connectivity index (χ4v) is 3.00. The Morgan fingerprint density at radius 3 is 2.40 bits per heavy atom. The molecule has 0 spiro atoms. The summed E-state index contributed by atoms with van der Waals surface area (Å²) in [6.07, 6.45) is -4.53. The molecule has 0 saturated heterocycles. The summed E-state index contributed by atoms with van der Waals surface area (Å²) < 4.78 is 37.8. The second kappa shape index (κ2) is 6.68. The first-order chi connectivity index (χ1) is 11.8. The number of alkyl halides is 3. The van der Waals surface area contributed by atoms with E-state index in [1.165, 1.54) is 0 Å². The zero-order chi connectivity index (χ0) is 18.0. The molecule has 3 nitrogen and oxygen atoms in total. The topological polar surface area (TPSA) is 42.0 Å². The van der Waals surface area contributed by atoms with Crippen molar-refractivity contribution in [3.63, 3.8) is 0 Å². The molecule has 2 aromatic carbocycles. The summed E-state index contributed by atoms with van der Waals surface area (Å²) in [5.74, 6) is -0.501. The van der Waals surface area contributed by atoms with Crippen LogP contribution in [0.25, 0.3) is 11.1 Å². The molecule has 1 aromatic heterocycles. The van der Waals surface area contributed by atoms with Crippen molar-refractivity contribution in [1.82, 2.24) is 4.98 Å². The number of anilines is 1. The average Bonchev–Trinajstić information content (AvgIpc) is 3.04. The third kappa shape index (κ3) is 3.88. The predicted octanol–water partition coefficient (Wildman–Crippen LogP) is 5.39. The van der Waals surface area contributed by atoms with E-state index in [9.17, 15) is 18.0 Å². The molecule has 0 radical (unpaired) electrons. The first-order valence-electron chi connectivity index (χ1n) is 7.35. The lowest BCUT2D eigenvalue weighted by molar-refractivity contribution is -0.140. The Labute approximate surface area is 146 Å². The SMILES string of the molecule is Cc1ccc(-c2ccccc2C(=O)Nc2nc(C(F)(F)F)cs2)cc1. The van der Waals surface area contributed by atoms with Gasteiger partial charge >= 0.3 is 6.18 Å². The number of carbonyl (C=O) groups excluding carboxylic acids is 1. The number of hydrogen-bond acceptors (Lipinski definition) is 3. The van der Waals surface area contributed by atoms with Crippen LogP contribution >= 0.6 is 11.3 Å². The largest absolute Gasteiger partial charge is 0.434 e. The minimum Gasteiger partial charge on any atom is -0.298 e. The average molecular weight is 362 g/mol. The fraction of sp³-hybridized carbons (Fsp3) is 0.111. The molecule has 0 saturated carbocycles. The van der Waals surface area contributed by atoms with Crippen molar-refractivity contribution in [2.24, 2.45) is 0 Å². The van der Waals surface area contributed by atoms with E-state index in [0.717, 1.165) is 27.8 Å². The number of thiazole rings is 1. The molecule has 1 N–H and O–H groups in total. The van der Waals surface area contributed by atoms with Crippen molar-refractivity contribution in [2.75, 3.05) is 5.32 Å². The number of benzene rings is 2. The zero-order valence-corrected chi connectivity index (χ0v) is 13.9. The van der Waals surface area contributed by atoms with E-state index in [-0.39, 0.29) is 5.13 Å². The molecule has 0 unspecified atom stereocenters. The number of halogens is 3. The van der Waals surface area contributed by atoms with Crippen LogP contribution in [0, 0.1) is 6.92 Å². The maximum atomic E-state index is 12.6. The molecule has 0 bridgehead atoms. The van der Waals surface area contributed by atoms with Gasteiger partial charge in [-0.2, -0.15) is 13.2 Å². The van der Waals surface area contributed by atoms with Crippen LogP contribution in [-0.4, -0.2) is 10.9 Å². The van der Waals surface area contributed by atoms with Gasteiger partial charge in [0.25, 0.3) is 5.91 Å². The van der Waals surface area contributed by atoms with E-state index in [0.29, 0.717) is 11.1 Å². The van der Waals surface area contributed by atoms with Crippen LogP contribution in [0.15, 0.2) is 53.9 Å². The van der Waals surface area contributed by atoms with Crippen LogP contribution in [0.1, 0.15) is 21.6 Å². The van der Waals surface area contributed by atoms with Gasteiger partial charge in [0.15, 0.2) is 10.8 Å². The molecule has 1 amide bonds. The third-order valence-corrected chi connectivity index (χ3v) is 4.31. The molecule has 0 fully saturated rings. The van der Waals surface area contributed by atoms with Gasteiger partial charge in [0.2, 0.25) is 0 Å². The van der Waals surface area contributed by atoms with Crippen LogP contribution < -0.4 is 5.32 Å². The molecule has 128 valence electrons. The summed E-state index contributed by atoms with van der Waals surface area (Å²) in [5.41, 5.74) is 2.00. The summed E-state index contributed by atoms with van der Waals surface area (Å²) >= 11 is 0.740. The number of carbonyl (C=O) groups is 1. The fourth-order valence-electron chi connectivity index (χ4n) is 2.29. The van der Waals surface area contributed by atoms with Crippen LogP contribution in [0.4, 0.5) is 18.3 Å². The van der Waals surface area contributed by atoms with Gasteiger partial charge in [0.1, 0.15) is 0 Å². The number of amides is 1. The third-order valence-electron chi connectivity index (χ3n) is 3.55. The number of aryl methyl sites for hydroxylation is 1. The van der Waals surface area contributed by atoms with Crippen molar-refractivity contribution in [3.8, 4) is 11.1 Å². The number of rotatable bonds is 3. The van der Waals surface area contributed by atoms with E-state index in [4.69, 9.17) is 0 Å². The Morgan fingerprint density at radius 2 is 1.76 bits per heavy atom. The Balaban J connectivity index is 1.88. The first-order valence-corrected chi connectivity index (χ1v) is 8.23. The maximum Gasteiger partial charge on any atom is 0.434 e. The highest BCUT2D eigenvalue weighted by Crippen LogP contribution is 2.32. The minimum absolute atomic E-state index is 0.0870. The summed E-state index contributed by atoms with van der Waals surface area (Å²) in [6.45, 7) is 1.96. The summed E-state index contributed by atoms with van der Waals surface area (Å²) in [5, 5.41) is 3.23. The van der Waals surface area contributed by atoms with Crippen molar-refractivity contribution in [1.29, 1.82) is 0 Å². The van der Waals surface area contributed by atoms with Gasteiger partial charge in [-0.15, -0.1) is 11.3 Å². The van der Waals surface area contributed by atoms with Crippen molar-refractivity contribution in [3.05, 3.63) is 70.7 Å². The Kier molecular flexibility index (Phi) is 4.59. The smallest absolute Gasteiger partial charge is 0.298 e. The Morgan fingerprint density at radius 1 is 1.08 bits per heavy atom. The first kappa shape index (κ1) is 17.2. The molecule has 3 aromatic rings. The van der Waals surface area contributed by atoms with Crippen LogP contribution in [-0.2, 0) is 6.18 Å². The normalized spacial score (nSPS) is 11.4. The molecule has 0 aliphatic heterocycles. The standard InChI is InChI=1S/C18H13F3N2OS/c1-11-6-8-12(9-7-11)13-4-2-3-5-14(13)16(24)23-17-22-15(10-25-17)18(19,20)21/h2-10H,1H3,(H,22,23,24). The molecule has 7 heteroatoms. The molecular weight excluding hydrogens is 349 g/mol. The highest BCUT2D eigenvalue weighted by Gasteiger charge is 2.34. The van der Waals surface area contributed by atoms with E-state index in [1.54, 1.807) is 24.3 Å². The summed E-state index contributed by atoms with van der Waals surface area (Å²) in [7, 11) is 0. The molecule has 3 rings (SSSR count). The monoisotopic (exact) mass is 362 g/mol.